The summed E-state index contributed by atoms with van der Waals surface area (Å²) in [6, 6.07) is -0.736. The Morgan fingerprint density at radius 3 is 2.61 bits per heavy atom. The molecule has 3 rings (SSSR count). The fourth-order valence-electron chi connectivity index (χ4n) is 5.06. The minimum Gasteiger partial charge on any atom is -0.466 e. The van der Waals surface area contributed by atoms with Gasteiger partial charge < -0.3 is 24.8 Å². The van der Waals surface area contributed by atoms with Crippen molar-refractivity contribution in [3.63, 3.8) is 0 Å². The van der Waals surface area contributed by atoms with E-state index in [0.717, 1.165) is 13.1 Å². The molecule has 0 spiro atoms. The van der Waals surface area contributed by atoms with E-state index in [1.807, 2.05) is 19.1 Å². The summed E-state index contributed by atoms with van der Waals surface area (Å²) in [4.78, 5) is 42.9. The lowest BCUT2D eigenvalue weighted by Gasteiger charge is -2.33. The molecule has 3 aliphatic rings. The van der Waals surface area contributed by atoms with Gasteiger partial charge in [-0.15, -0.1) is 0 Å². The largest absolute Gasteiger partial charge is 0.466 e. The molecule has 0 saturated carbocycles. The second kappa shape index (κ2) is 11.1. The van der Waals surface area contributed by atoms with Crippen LogP contribution in [0.2, 0.25) is 0 Å². The van der Waals surface area contributed by atoms with Gasteiger partial charge in [0.05, 0.1) is 38.3 Å². The highest BCUT2D eigenvalue weighted by Gasteiger charge is 2.57. The SMILES string of the molecule is CCOC(=O)[C@H]1[C@H]2C(=O)N(CCO)[C@H](C(=O)NCCN3CCOCC3)[C@H]2C=C[C@H]1CC. The molecule has 9 heteroatoms. The molecule has 9 nitrogen and oxygen atoms in total. The Balaban J connectivity index is 1.76. The fraction of sp³-hybridized carbons (Fsp3) is 0.773. The van der Waals surface area contributed by atoms with Crippen LogP contribution < -0.4 is 5.32 Å². The number of amides is 2. The van der Waals surface area contributed by atoms with Gasteiger partial charge in [-0.2, -0.15) is 0 Å². The summed E-state index contributed by atoms with van der Waals surface area (Å²) in [7, 11) is 0. The van der Waals surface area contributed by atoms with Crippen molar-refractivity contribution in [1.29, 1.82) is 0 Å². The lowest BCUT2D eigenvalue weighted by molar-refractivity contribution is -0.155. The number of aliphatic hydroxyl groups is 1. The Labute approximate surface area is 183 Å². The molecule has 2 heterocycles. The van der Waals surface area contributed by atoms with Crippen molar-refractivity contribution in [2.45, 2.75) is 26.3 Å². The Bertz CT molecular complexity index is 678. The number of morpholine rings is 1. The number of aliphatic hydroxyl groups excluding tert-OH is 1. The molecular weight excluding hydrogens is 402 g/mol. The smallest absolute Gasteiger partial charge is 0.310 e. The predicted octanol–water partition coefficient (Wildman–Crippen LogP) is -0.354. The average Bonchev–Trinajstić information content (AvgIpc) is 3.06. The number of carbonyl (C=O) groups excluding carboxylic acids is 3. The van der Waals surface area contributed by atoms with Gasteiger partial charge in [0.1, 0.15) is 6.04 Å². The standard InChI is InChI=1S/C22H35N3O6/c1-3-15-5-6-16-18(17(15)22(29)31-4-2)21(28)25(9-12-26)19(16)20(27)23-7-8-24-10-13-30-14-11-24/h5-6,15-19,26H,3-4,7-14H2,1-2H3,(H,23,27)/t15-,16+,17-,18+,19+/m1/s1. The number of nitrogens with one attached hydrogen (secondary N) is 1. The number of rotatable bonds is 9. The van der Waals surface area contributed by atoms with Crippen LogP contribution in [0.3, 0.4) is 0 Å². The number of hydrogen-bond acceptors (Lipinski definition) is 7. The third kappa shape index (κ3) is 5.10. The first kappa shape index (κ1) is 23.7. The van der Waals surface area contributed by atoms with E-state index >= 15 is 0 Å². The van der Waals surface area contributed by atoms with Crippen molar-refractivity contribution < 1.29 is 29.0 Å². The van der Waals surface area contributed by atoms with E-state index in [9.17, 15) is 19.5 Å². The van der Waals surface area contributed by atoms with Crippen LogP contribution >= 0.6 is 0 Å². The van der Waals surface area contributed by atoms with E-state index in [-0.39, 0.29) is 43.5 Å². The number of esters is 1. The molecule has 0 aromatic carbocycles. The third-order valence-electron chi connectivity index (χ3n) is 6.58. The third-order valence-corrected chi connectivity index (χ3v) is 6.58. The first-order valence-corrected chi connectivity index (χ1v) is 11.4. The Hall–Kier alpha value is -1.97. The summed E-state index contributed by atoms with van der Waals surface area (Å²) >= 11 is 0. The van der Waals surface area contributed by atoms with Crippen LogP contribution in [0.25, 0.3) is 0 Å². The highest BCUT2D eigenvalue weighted by atomic mass is 16.5. The summed E-state index contributed by atoms with van der Waals surface area (Å²) in [5.74, 6) is -2.67. The highest BCUT2D eigenvalue weighted by Crippen LogP contribution is 2.45. The molecule has 2 saturated heterocycles. The van der Waals surface area contributed by atoms with Crippen LogP contribution in [-0.4, -0.2) is 97.9 Å². The van der Waals surface area contributed by atoms with Gasteiger partial charge in [0, 0.05) is 38.6 Å². The van der Waals surface area contributed by atoms with Crippen molar-refractivity contribution in [2.75, 3.05) is 59.2 Å². The summed E-state index contributed by atoms with van der Waals surface area (Å²) in [5, 5.41) is 12.5. The van der Waals surface area contributed by atoms with E-state index < -0.39 is 23.8 Å². The number of carbonyl (C=O) groups is 3. The Morgan fingerprint density at radius 2 is 1.97 bits per heavy atom. The first-order valence-electron chi connectivity index (χ1n) is 11.4. The van der Waals surface area contributed by atoms with Gasteiger partial charge in [0.25, 0.3) is 0 Å². The molecule has 2 aliphatic heterocycles. The maximum Gasteiger partial charge on any atom is 0.310 e. The van der Waals surface area contributed by atoms with Gasteiger partial charge in [0.2, 0.25) is 11.8 Å². The van der Waals surface area contributed by atoms with E-state index in [2.05, 4.69) is 10.2 Å². The molecule has 0 aromatic rings. The van der Waals surface area contributed by atoms with Gasteiger partial charge in [-0.25, -0.2) is 0 Å². The van der Waals surface area contributed by atoms with Gasteiger partial charge in [-0.1, -0.05) is 19.1 Å². The zero-order valence-electron chi connectivity index (χ0n) is 18.5. The molecule has 2 amide bonds. The maximum absolute atomic E-state index is 13.3. The van der Waals surface area contributed by atoms with Crippen LogP contribution in [0.1, 0.15) is 20.3 Å². The molecule has 0 bridgehead atoms. The van der Waals surface area contributed by atoms with Crippen LogP contribution in [0.15, 0.2) is 12.2 Å². The fourth-order valence-corrected chi connectivity index (χ4v) is 5.06. The van der Waals surface area contributed by atoms with Crippen LogP contribution in [0, 0.1) is 23.7 Å². The monoisotopic (exact) mass is 437 g/mol. The molecule has 2 N–H and O–H groups in total. The van der Waals surface area contributed by atoms with E-state index in [4.69, 9.17) is 9.47 Å². The van der Waals surface area contributed by atoms with Crippen molar-refractivity contribution in [1.82, 2.24) is 15.1 Å². The number of hydrogen-bond donors (Lipinski definition) is 2. The number of allylic oxidation sites excluding steroid dienone is 1. The van der Waals surface area contributed by atoms with E-state index in [1.165, 1.54) is 4.90 Å². The van der Waals surface area contributed by atoms with Crippen molar-refractivity contribution in [3.05, 3.63) is 12.2 Å². The maximum atomic E-state index is 13.3. The molecule has 1 aliphatic carbocycles. The molecule has 174 valence electrons. The molecule has 31 heavy (non-hydrogen) atoms. The average molecular weight is 438 g/mol. The minimum atomic E-state index is -0.736. The van der Waals surface area contributed by atoms with Crippen LogP contribution in [0.5, 0.6) is 0 Å². The number of likely N-dealkylation sites (tertiary alicyclic amines) is 1. The van der Waals surface area contributed by atoms with Crippen molar-refractivity contribution in [3.8, 4) is 0 Å². The lowest BCUT2D eigenvalue weighted by Crippen LogP contribution is -2.50. The molecular formula is C22H35N3O6. The van der Waals surface area contributed by atoms with Gasteiger partial charge in [-0.05, 0) is 19.3 Å². The number of ether oxygens (including phenoxy) is 2. The predicted molar refractivity (Wildman–Crippen MR) is 113 cm³/mol. The summed E-state index contributed by atoms with van der Waals surface area (Å²) in [5.41, 5.74) is 0. The highest BCUT2D eigenvalue weighted by molar-refractivity contribution is 5.96. The summed E-state index contributed by atoms with van der Waals surface area (Å²) < 4.78 is 10.6. The van der Waals surface area contributed by atoms with Gasteiger partial charge in [0.15, 0.2) is 0 Å². The number of fused-ring (bicyclic) bond motifs is 1. The lowest BCUT2D eigenvalue weighted by atomic mass is 9.69. The van der Waals surface area contributed by atoms with Crippen molar-refractivity contribution in [2.24, 2.45) is 23.7 Å². The summed E-state index contributed by atoms with van der Waals surface area (Å²) in [6.45, 7) is 8.02. The second-order valence-corrected chi connectivity index (χ2v) is 8.28. The molecule has 0 aromatic heterocycles. The molecule has 5 atom stereocenters. The quantitative estimate of drug-likeness (QED) is 0.375. The minimum absolute atomic E-state index is 0.0631. The van der Waals surface area contributed by atoms with Crippen molar-refractivity contribution >= 4 is 17.8 Å². The Morgan fingerprint density at radius 1 is 1.23 bits per heavy atom. The normalized spacial score (nSPS) is 30.9. The number of nitrogens with zero attached hydrogens (tertiary/aromatic N) is 2. The zero-order chi connectivity index (χ0) is 22.4. The number of β-amino-alcohol motifs (C(OH)–C–C–N with tert-alkyl or cyclic N) is 1. The van der Waals surface area contributed by atoms with Crippen LogP contribution in [-0.2, 0) is 23.9 Å². The first-order chi connectivity index (χ1) is 15.0. The topological polar surface area (TPSA) is 108 Å². The molecule has 0 unspecified atom stereocenters. The summed E-state index contributed by atoms with van der Waals surface area (Å²) in [6.07, 6.45) is 4.56. The van der Waals surface area contributed by atoms with E-state index in [1.54, 1.807) is 6.92 Å². The van der Waals surface area contributed by atoms with E-state index in [0.29, 0.717) is 32.7 Å². The van der Waals surface area contributed by atoms with Crippen LogP contribution in [0.4, 0.5) is 0 Å². The van der Waals surface area contributed by atoms with Gasteiger partial charge >= 0.3 is 5.97 Å². The Kier molecular flexibility index (Phi) is 8.45. The second-order valence-electron chi connectivity index (χ2n) is 8.28. The molecule has 0 radical (unpaired) electrons. The zero-order valence-corrected chi connectivity index (χ0v) is 18.5. The molecule has 2 fully saturated rings. The van der Waals surface area contributed by atoms with Gasteiger partial charge in [-0.3, -0.25) is 19.3 Å².